The fourth-order valence-corrected chi connectivity index (χ4v) is 0.951. The molecule has 1 rings (SSSR count). The molecule has 1 fully saturated rings. The smallest absolute Gasteiger partial charge is 0.120 e. The molecule has 0 spiro atoms. The first-order chi connectivity index (χ1) is 3.83. The van der Waals surface area contributed by atoms with Crippen LogP contribution in [0.2, 0.25) is 0 Å². The van der Waals surface area contributed by atoms with Gasteiger partial charge in [-0.15, -0.1) is 11.6 Å². The van der Waals surface area contributed by atoms with Crippen LogP contribution in [0, 0.1) is 17.2 Å². The van der Waals surface area contributed by atoms with Crippen LogP contribution in [-0.2, 0) is 0 Å². The first kappa shape index (κ1) is 5.91. The van der Waals surface area contributed by atoms with Gasteiger partial charge in [-0.05, 0) is 12.3 Å². The average Bonchev–Trinajstić information content (AvgIpc) is 2.50. The van der Waals surface area contributed by atoms with Crippen molar-refractivity contribution in [2.24, 2.45) is 5.92 Å². The zero-order valence-electron chi connectivity index (χ0n) is 4.60. The molecule has 1 unspecified atom stereocenters. The molecule has 1 nitrogen and oxygen atoms in total. The van der Waals surface area contributed by atoms with E-state index in [9.17, 15) is 0 Å². The van der Waals surface area contributed by atoms with Gasteiger partial charge in [0.25, 0.3) is 0 Å². The molecular weight excluding hydrogens is 122 g/mol. The monoisotopic (exact) mass is 129 g/mol. The maximum atomic E-state index is 8.23. The summed E-state index contributed by atoms with van der Waals surface area (Å²) >= 11 is 5.54. The van der Waals surface area contributed by atoms with Crippen LogP contribution in [0.25, 0.3) is 0 Å². The van der Waals surface area contributed by atoms with Crippen LogP contribution < -0.4 is 0 Å². The van der Waals surface area contributed by atoms with Crippen molar-refractivity contribution in [1.82, 2.24) is 0 Å². The molecule has 1 saturated carbocycles. The minimum absolute atomic E-state index is 0.234. The minimum Gasteiger partial charge on any atom is -0.197 e. The van der Waals surface area contributed by atoms with Crippen LogP contribution in [-0.4, -0.2) is 5.38 Å². The summed E-state index contributed by atoms with van der Waals surface area (Å²) in [7, 11) is 0. The first-order valence-electron chi connectivity index (χ1n) is 2.86. The maximum Gasteiger partial charge on any atom is 0.120 e. The van der Waals surface area contributed by atoms with Crippen molar-refractivity contribution in [2.45, 2.75) is 24.6 Å². The Morgan fingerprint density at radius 3 is 2.75 bits per heavy atom. The van der Waals surface area contributed by atoms with E-state index in [1.54, 1.807) is 0 Å². The highest BCUT2D eigenvalue weighted by molar-refractivity contribution is 6.22. The summed E-state index contributed by atoms with van der Waals surface area (Å²) in [6.45, 7) is 0. The fraction of sp³-hybridized carbons (Fsp3) is 0.833. The molecule has 8 heavy (non-hydrogen) atoms. The zero-order valence-corrected chi connectivity index (χ0v) is 5.36. The molecule has 0 aromatic rings. The summed E-state index contributed by atoms with van der Waals surface area (Å²) in [5.41, 5.74) is 0. The van der Waals surface area contributed by atoms with E-state index in [1.165, 1.54) is 12.8 Å². The number of alkyl halides is 1. The molecular formula is C6H8ClN. The summed E-state index contributed by atoms with van der Waals surface area (Å²) in [5.74, 6) is 0.775. The Kier molecular flexibility index (Phi) is 1.75. The number of nitriles is 1. The highest BCUT2D eigenvalue weighted by atomic mass is 35.5. The third-order valence-electron chi connectivity index (χ3n) is 1.38. The van der Waals surface area contributed by atoms with E-state index in [4.69, 9.17) is 16.9 Å². The highest BCUT2D eigenvalue weighted by Gasteiger charge is 2.23. The van der Waals surface area contributed by atoms with Gasteiger partial charge in [-0.25, -0.2) is 0 Å². The maximum absolute atomic E-state index is 8.23. The zero-order chi connectivity index (χ0) is 5.98. The minimum atomic E-state index is -0.234. The van der Waals surface area contributed by atoms with Gasteiger partial charge in [-0.1, -0.05) is 12.8 Å². The molecule has 0 bridgehead atoms. The van der Waals surface area contributed by atoms with Crippen molar-refractivity contribution in [3.63, 3.8) is 0 Å². The molecule has 0 heterocycles. The normalized spacial score (nSPS) is 22.0. The van der Waals surface area contributed by atoms with Crippen LogP contribution in [0.5, 0.6) is 0 Å². The molecule has 1 aliphatic rings. The molecule has 0 amide bonds. The Morgan fingerprint density at radius 1 is 1.75 bits per heavy atom. The average molecular weight is 130 g/mol. The number of hydrogen-bond acceptors (Lipinski definition) is 1. The van der Waals surface area contributed by atoms with Gasteiger partial charge >= 0.3 is 0 Å². The van der Waals surface area contributed by atoms with Crippen molar-refractivity contribution in [3.8, 4) is 6.07 Å². The number of nitrogens with zero attached hydrogens (tertiary/aromatic N) is 1. The largest absolute Gasteiger partial charge is 0.197 e. The molecule has 0 aliphatic heterocycles. The summed E-state index contributed by atoms with van der Waals surface area (Å²) in [5, 5.41) is 8.00. The van der Waals surface area contributed by atoms with E-state index < -0.39 is 0 Å². The van der Waals surface area contributed by atoms with E-state index in [1.807, 2.05) is 6.07 Å². The number of rotatable bonds is 2. The second-order valence-electron chi connectivity index (χ2n) is 2.28. The van der Waals surface area contributed by atoms with Gasteiger partial charge in [0.05, 0.1) is 6.07 Å². The molecule has 0 aromatic carbocycles. The van der Waals surface area contributed by atoms with Crippen LogP contribution in [0.1, 0.15) is 19.3 Å². The molecule has 0 saturated heterocycles. The molecule has 0 N–H and O–H groups in total. The lowest BCUT2D eigenvalue weighted by Gasteiger charge is -1.92. The summed E-state index contributed by atoms with van der Waals surface area (Å²) < 4.78 is 0. The van der Waals surface area contributed by atoms with E-state index in [0.29, 0.717) is 0 Å². The Morgan fingerprint density at radius 2 is 2.38 bits per heavy atom. The van der Waals surface area contributed by atoms with E-state index in [2.05, 4.69) is 0 Å². The lowest BCUT2D eigenvalue weighted by molar-refractivity contribution is 0.753. The van der Waals surface area contributed by atoms with Gasteiger partial charge in [0, 0.05) is 0 Å². The van der Waals surface area contributed by atoms with Crippen molar-refractivity contribution >= 4 is 11.6 Å². The predicted molar refractivity (Wildman–Crippen MR) is 32.6 cm³/mol. The van der Waals surface area contributed by atoms with Crippen LogP contribution in [0.3, 0.4) is 0 Å². The lowest BCUT2D eigenvalue weighted by atomic mass is 10.2. The fourth-order valence-electron chi connectivity index (χ4n) is 0.699. The van der Waals surface area contributed by atoms with Crippen LogP contribution in [0.15, 0.2) is 0 Å². The van der Waals surface area contributed by atoms with Crippen LogP contribution in [0.4, 0.5) is 0 Å². The van der Waals surface area contributed by atoms with Gasteiger partial charge in [0.15, 0.2) is 0 Å². The van der Waals surface area contributed by atoms with Gasteiger partial charge < -0.3 is 0 Å². The van der Waals surface area contributed by atoms with Gasteiger partial charge in [-0.2, -0.15) is 5.26 Å². The van der Waals surface area contributed by atoms with Crippen molar-refractivity contribution in [2.75, 3.05) is 0 Å². The van der Waals surface area contributed by atoms with E-state index in [0.717, 1.165) is 12.3 Å². The van der Waals surface area contributed by atoms with Crippen LogP contribution >= 0.6 is 11.6 Å². The summed E-state index contributed by atoms with van der Waals surface area (Å²) in [6.07, 6.45) is 3.47. The predicted octanol–water partition coefficient (Wildman–Crippen LogP) is 1.92. The summed E-state index contributed by atoms with van der Waals surface area (Å²) in [4.78, 5) is 0. The Balaban J connectivity index is 2.09. The van der Waals surface area contributed by atoms with E-state index >= 15 is 0 Å². The molecule has 0 radical (unpaired) electrons. The quantitative estimate of drug-likeness (QED) is 0.523. The first-order valence-corrected chi connectivity index (χ1v) is 3.30. The second kappa shape index (κ2) is 2.37. The van der Waals surface area contributed by atoms with Crippen molar-refractivity contribution in [1.29, 1.82) is 5.26 Å². The van der Waals surface area contributed by atoms with Crippen molar-refractivity contribution in [3.05, 3.63) is 0 Å². The molecule has 1 aliphatic carbocycles. The number of hydrogen-bond donors (Lipinski definition) is 0. The third-order valence-corrected chi connectivity index (χ3v) is 1.65. The molecule has 2 heteroatoms. The summed E-state index contributed by atoms with van der Waals surface area (Å²) in [6, 6.07) is 2.00. The highest BCUT2D eigenvalue weighted by Crippen LogP contribution is 2.34. The van der Waals surface area contributed by atoms with Crippen molar-refractivity contribution < 1.29 is 0 Å². The Bertz CT molecular complexity index is 112. The van der Waals surface area contributed by atoms with Gasteiger partial charge in [-0.3, -0.25) is 0 Å². The topological polar surface area (TPSA) is 23.8 Å². The van der Waals surface area contributed by atoms with Gasteiger partial charge in [0.2, 0.25) is 0 Å². The Labute approximate surface area is 54.3 Å². The molecule has 1 atom stereocenters. The third kappa shape index (κ3) is 1.71. The number of halogens is 1. The Hall–Kier alpha value is -0.220. The standard InChI is InChI=1S/C6H8ClN/c7-6(4-8)3-5-1-2-5/h5-6H,1-3H2. The SMILES string of the molecule is N#CC(Cl)CC1CC1. The van der Waals surface area contributed by atoms with E-state index in [-0.39, 0.29) is 5.38 Å². The second-order valence-corrected chi connectivity index (χ2v) is 2.80. The molecule has 44 valence electrons. The lowest BCUT2D eigenvalue weighted by Crippen LogP contribution is -1.93. The van der Waals surface area contributed by atoms with Gasteiger partial charge in [0.1, 0.15) is 5.38 Å². The molecule has 0 aromatic heterocycles.